The Morgan fingerprint density at radius 3 is 2.36 bits per heavy atom. The Morgan fingerprint density at radius 2 is 1.68 bits per heavy atom. The molecule has 2 aromatic rings. The lowest BCUT2D eigenvalue weighted by atomic mass is 10.0. The lowest BCUT2D eigenvalue weighted by Crippen LogP contribution is -2.36. The predicted molar refractivity (Wildman–Crippen MR) is 82.4 cm³/mol. The number of carbonyl (C=O) groups is 1. The van der Waals surface area contributed by atoms with E-state index < -0.39 is 0 Å². The molecule has 22 heavy (non-hydrogen) atoms. The van der Waals surface area contributed by atoms with E-state index in [-0.39, 0.29) is 18.1 Å². The number of benzene rings is 2. The van der Waals surface area contributed by atoms with Crippen LogP contribution in [-0.4, -0.2) is 19.1 Å². The van der Waals surface area contributed by atoms with Gasteiger partial charge in [0.25, 0.3) is 0 Å². The molecule has 0 radical (unpaired) electrons. The van der Waals surface area contributed by atoms with Gasteiger partial charge in [-0.15, -0.1) is 0 Å². The molecule has 1 saturated heterocycles. The highest BCUT2D eigenvalue weighted by Crippen LogP contribution is 2.26. The number of esters is 1. The number of hydrogen-bond donors (Lipinski definition) is 2. The van der Waals surface area contributed by atoms with Gasteiger partial charge in [-0.3, -0.25) is 4.79 Å². The first-order chi connectivity index (χ1) is 10.8. The highest BCUT2D eigenvalue weighted by molar-refractivity contribution is 5.76. The summed E-state index contributed by atoms with van der Waals surface area (Å²) >= 11 is 0. The summed E-state index contributed by atoms with van der Waals surface area (Å²) in [5.74, 6) is 1.34. The van der Waals surface area contributed by atoms with Crippen LogP contribution in [0.15, 0.2) is 54.6 Å². The Bertz CT molecular complexity index is 628. The molecule has 114 valence electrons. The Labute approximate surface area is 129 Å². The largest absolute Gasteiger partial charge is 0.468 e. The molecule has 1 heterocycles. The van der Waals surface area contributed by atoms with E-state index in [1.165, 1.54) is 7.11 Å². The Kier molecular flexibility index (Phi) is 4.37. The van der Waals surface area contributed by atoms with E-state index in [0.717, 1.165) is 17.1 Å². The Hall–Kier alpha value is -2.37. The first kappa shape index (κ1) is 14.6. The van der Waals surface area contributed by atoms with Gasteiger partial charge in [-0.25, -0.2) is 10.9 Å². The molecule has 5 heteroatoms. The number of para-hydroxylation sites is 1. The molecular formula is C17H18N2O3. The number of nitrogens with one attached hydrogen (secondary N) is 2. The van der Waals surface area contributed by atoms with Gasteiger partial charge in [0.15, 0.2) is 0 Å². The highest BCUT2D eigenvalue weighted by Gasteiger charge is 2.30. The summed E-state index contributed by atoms with van der Waals surface area (Å²) in [7, 11) is 1.40. The van der Waals surface area contributed by atoms with Crippen molar-refractivity contribution in [2.45, 2.75) is 18.5 Å². The molecule has 0 bridgehead atoms. The zero-order valence-corrected chi connectivity index (χ0v) is 12.3. The first-order valence-electron chi connectivity index (χ1n) is 7.18. The van der Waals surface area contributed by atoms with Gasteiger partial charge < -0.3 is 9.47 Å². The average Bonchev–Trinajstić information content (AvgIpc) is 3.06. The van der Waals surface area contributed by atoms with E-state index in [1.54, 1.807) is 0 Å². The quantitative estimate of drug-likeness (QED) is 0.850. The number of ether oxygens (including phenoxy) is 2. The predicted octanol–water partition coefficient (Wildman–Crippen LogP) is 2.56. The minimum absolute atomic E-state index is 0.0786. The van der Waals surface area contributed by atoms with E-state index in [1.807, 2.05) is 54.6 Å². The van der Waals surface area contributed by atoms with Gasteiger partial charge in [0.2, 0.25) is 0 Å². The second-order valence-electron chi connectivity index (χ2n) is 5.14. The third-order valence-electron chi connectivity index (χ3n) is 3.65. The smallest absolute Gasteiger partial charge is 0.324 e. The lowest BCUT2D eigenvalue weighted by molar-refractivity contribution is -0.142. The van der Waals surface area contributed by atoms with Crippen molar-refractivity contribution in [2.75, 3.05) is 7.11 Å². The van der Waals surface area contributed by atoms with Gasteiger partial charge in [-0.2, -0.15) is 0 Å². The molecule has 1 fully saturated rings. The Balaban J connectivity index is 1.64. The second kappa shape index (κ2) is 6.60. The van der Waals surface area contributed by atoms with Crippen LogP contribution in [0.5, 0.6) is 11.5 Å². The van der Waals surface area contributed by atoms with Crippen LogP contribution in [0.1, 0.15) is 18.0 Å². The number of carbonyl (C=O) groups excluding carboxylic acids is 1. The molecule has 0 spiro atoms. The van der Waals surface area contributed by atoms with E-state index in [4.69, 9.17) is 9.47 Å². The summed E-state index contributed by atoms with van der Waals surface area (Å²) < 4.78 is 10.5. The van der Waals surface area contributed by atoms with E-state index in [0.29, 0.717) is 6.42 Å². The van der Waals surface area contributed by atoms with Crippen LogP contribution in [-0.2, 0) is 9.53 Å². The van der Waals surface area contributed by atoms with Crippen molar-refractivity contribution in [1.29, 1.82) is 0 Å². The van der Waals surface area contributed by atoms with Gasteiger partial charge >= 0.3 is 5.97 Å². The molecule has 0 amide bonds. The zero-order valence-electron chi connectivity index (χ0n) is 12.3. The van der Waals surface area contributed by atoms with Crippen LogP contribution >= 0.6 is 0 Å². The highest BCUT2D eigenvalue weighted by atomic mass is 16.5. The van der Waals surface area contributed by atoms with Crippen LogP contribution in [0.4, 0.5) is 0 Å². The lowest BCUT2D eigenvalue weighted by Gasteiger charge is -2.11. The van der Waals surface area contributed by atoms with E-state index >= 15 is 0 Å². The van der Waals surface area contributed by atoms with Crippen LogP contribution in [0, 0.1) is 0 Å². The van der Waals surface area contributed by atoms with Crippen LogP contribution < -0.4 is 15.6 Å². The summed E-state index contributed by atoms with van der Waals surface area (Å²) in [4.78, 5) is 11.5. The average molecular weight is 298 g/mol. The SMILES string of the molecule is COC(=O)C1CC(c2ccc(Oc3ccccc3)cc2)NN1. The summed E-state index contributed by atoms with van der Waals surface area (Å²) in [6.45, 7) is 0. The van der Waals surface area contributed by atoms with Crippen molar-refractivity contribution < 1.29 is 14.3 Å². The topological polar surface area (TPSA) is 59.6 Å². The molecule has 0 aliphatic carbocycles. The number of rotatable bonds is 4. The third-order valence-corrected chi connectivity index (χ3v) is 3.65. The number of methoxy groups -OCH3 is 1. The van der Waals surface area contributed by atoms with Crippen LogP contribution in [0.3, 0.4) is 0 Å². The summed E-state index contributed by atoms with van der Waals surface area (Å²) in [5, 5.41) is 0. The maximum Gasteiger partial charge on any atom is 0.324 e. The molecule has 2 N–H and O–H groups in total. The van der Waals surface area contributed by atoms with E-state index in [9.17, 15) is 4.79 Å². The van der Waals surface area contributed by atoms with Crippen molar-refractivity contribution in [3.05, 3.63) is 60.2 Å². The molecule has 0 saturated carbocycles. The third kappa shape index (κ3) is 3.27. The first-order valence-corrected chi connectivity index (χ1v) is 7.18. The summed E-state index contributed by atoms with van der Waals surface area (Å²) in [6, 6.07) is 17.3. The monoisotopic (exact) mass is 298 g/mol. The molecular weight excluding hydrogens is 280 g/mol. The standard InChI is InChI=1S/C17H18N2O3/c1-21-17(20)16-11-15(18-19-16)12-7-9-14(10-8-12)22-13-5-3-2-4-6-13/h2-10,15-16,18-19H,11H2,1H3. The molecule has 3 rings (SSSR count). The summed E-state index contributed by atoms with van der Waals surface area (Å²) in [6.07, 6.45) is 0.658. The minimum atomic E-state index is -0.310. The Morgan fingerprint density at radius 1 is 1.00 bits per heavy atom. The van der Waals surface area contributed by atoms with Crippen molar-refractivity contribution in [3.63, 3.8) is 0 Å². The zero-order chi connectivity index (χ0) is 15.4. The molecule has 2 unspecified atom stereocenters. The molecule has 0 aromatic heterocycles. The van der Waals surface area contributed by atoms with Gasteiger partial charge in [0, 0.05) is 6.04 Å². The van der Waals surface area contributed by atoms with Crippen molar-refractivity contribution in [3.8, 4) is 11.5 Å². The van der Waals surface area contributed by atoms with Crippen LogP contribution in [0.25, 0.3) is 0 Å². The fourth-order valence-electron chi connectivity index (χ4n) is 2.46. The van der Waals surface area contributed by atoms with Gasteiger partial charge in [0.1, 0.15) is 17.5 Å². The maximum absolute atomic E-state index is 11.5. The maximum atomic E-state index is 11.5. The van der Waals surface area contributed by atoms with Crippen LogP contribution in [0.2, 0.25) is 0 Å². The van der Waals surface area contributed by atoms with Crippen molar-refractivity contribution >= 4 is 5.97 Å². The normalized spacial score (nSPS) is 20.6. The second-order valence-corrected chi connectivity index (χ2v) is 5.14. The summed E-state index contributed by atoms with van der Waals surface area (Å²) in [5.41, 5.74) is 7.17. The molecule has 5 nitrogen and oxygen atoms in total. The fourth-order valence-corrected chi connectivity index (χ4v) is 2.46. The van der Waals surface area contributed by atoms with Gasteiger partial charge in [0.05, 0.1) is 7.11 Å². The van der Waals surface area contributed by atoms with E-state index in [2.05, 4.69) is 10.9 Å². The molecule has 1 aliphatic rings. The minimum Gasteiger partial charge on any atom is -0.468 e. The van der Waals surface area contributed by atoms with Gasteiger partial charge in [-0.1, -0.05) is 30.3 Å². The van der Waals surface area contributed by atoms with Gasteiger partial charge in [-0.05, 0) is 36.2 Å². The van der Waals surface area contributed by atoms with Crippen molar-refractivity contribution in [1.82, 2.24) is 10.9 Å². The fraction of sp³-hybridized carbons (Fsp3) is 0.235. The molecule has 1 aliphatic heterocycles. The molecule has 2 aromatic carbocycles. The number of hydrogen-bond acceptors (Lipinski definition) is 5. The number of hydrazine groups is 1. The molecule has 2 atom stereocenters. The van der Waals surface area contributed by atoms with Crippen molar-refractivity contribution in [2.24, 2.45) is 0 Å².